The molecule has 1 aliphatic heterocycles. The Morgan fingerprint density at radius 2 is 2.00 bits per heavy atom. The van der Waals surface area contributed by atoms with Gasteiger partial charge in [0.2, 0.25) is 0 Å². The fraction of sp³-hybridized carbons (Fsp3) is 0.174. The molecule has 0 aliphatic carbocycles. The predicted molar refractivity (Wildman–Crippen MR) is 119 cm³/mol. The molecule has 30 heavy (non-hydrogen) atoms. The third-order valence-corrected chi connectivity index (χ3v) is 6.23. The number of hydrogen-bond donors (Lipinski definition) is 2. The van der Waals surface area contributed by atoms with Crippen LogP contribution in [0.1, 0.15) is 21.7 Å². The van der Waals surface area contributed by atoms with Gasteiger partial charge < -0.3 is 4.90 Å². The maximum atomic E-state index is 12.6. The normalized spacial score (nSPS) is 15.9. The number of nitrogens with one attached hydrogen (secondary N) is 2. The average Bonchev–Trinajstić information content (AvgIpc) is 3.15. The quantitative estimate of drug-likeness (QED) is 0.476. The van der Waals surface area contributed by atoms with E-state index in [0.29, 0.717) is 10.2 Å². The standard InChI is InChI=1S/C23H19ClN4OS/c24-19-8-6-16(7-9-19)12-18(13-25)22(29)27-23-26-20-10-11-28(15-21(20)30-23)14-17-4-2-1-3-5-17/h1-9,12H,10-11,14-15H2,(H,26,27,29)/p+1/b18-12+. The molecule has 5 nitrogen and oxygen atoms in total. The number of carbonyl (C=O) groups excluding carboxylic acids is 1. The van der Waals surface area contributed by atoms with Crippen LogP contribution in [0.15, 0.2) is 60.2 Å². The molecular weight excluding hydrogens is 416 g/mol. The number of anilines is 1. The first-order chi connectivity index (χ1) is 14.6. The van der Waals surface area contributed by atoms with Crippen LogP contribution < -0.4 is 10.2 Å². The Morgan fingerprint density at radius 1 is 1.23 bits per heavy atom. The molecule has 4 rings (SSSR count). The molecule has 0 fully saturated rings. The summed E-state index contributed by atoms with van der Waals surface area (Å²) in [7, 11) is 0. The van der Waals surface area contributed by atoms with E-state index in [9.17, 15) is 10.1 Å². The number of rotatable bonds is 5. The molecule has 0 saturated heterocycles. The van der Waals surface area contributed by atoms with Crippen LogP contribution in [-0.4, -0.2) is 17.4 Å². The van der Waals surface area contributed by atoms with Crippen molar-refractivity contribution in [3.05, 3.63) is 86.9 Å². The molecule has 0 radical (unpaired) electrons. The molecule has 2 N–H and O–H groups in total. The van der Waals surface area contributed by atoms with E-state index in [2.05, 4.69) is 34.6 Å². The predicted octanol–water partition coefficient (Wildman–Crippen LogP) is 3.48. The maximum Gasteiger partial charge on any atom is 0.268 e. The van der Waals surface area contributed by atoms with Gasteiger partial charge in [-0.05, 0) is 23.8 Å². The van der Waals surface area contributed by atoms with Crippen LogP contribution in [0.25, 0.3) is 6.08 Å². The van der Waals surface area contributed by atoms with E-state index in [4.69, 9.17) is 11.6 Å². The number of carbonyl (C=O) groups is 1. The lowest BCUT2D eigenvalue weighted by Crippen LogP contribution is -3.10. The SMILES string of the molecule is N#C/C(=C\c1ccc(Cl)cc1)C(=O)Nc1nc2c(s1)C[NH+](Cc1ccccc1)CC2. The highest BCUT2D eigenvalue weighted by molar-refractivity contribution is 7.15. The Balaban J connectivity index is 1.43. The molecule has 1 amide bonds. The highest BCUT2D eigenvalue weighted by Gasteiger charge is 2.24. The van der Waals surface area contributed by atoms with Crippen molar-refractivity contribution in [1.82, 2.24) is 4.98 Å². The highest BCUT2D eigenvalue weighted by atomic mass is 35.5. The van der Waals surface area contributed by atoms with Gasteiger partial charge in [0.15, 0.2) is 5.13 Å². The number of hydrogen-bond acceptors (Lipinski definition) is 4. The number of amides is 1. The summed E-state index contributed by atoms with van der Waals surface area (Å²) >= 11 is 7.38. The Kier molecular flexibility index (Phi) is 6.24. The maximum absolute atomic E-state index is 12.6. The minimum absolute atomic E-state index is 0.0295. The highest BCUT2D eigenvalue weighted by Crippen LogP contribution is 2.25. The number of fused-ring (bicyclic) bond motifs is 1. The van der Waals surface area contributed by atoms with Gasteiger partial charge in [0.05, 0.1) is 17.1 Å². The zero-order valence-corrected chi connectivity index (χ0v) is 17.8. The van der Waals surface area contributed by atoms with E-state index in [-0.39, 0.29) is 5.57 Å². The molecule has 1 unspecified atom stereocenters. The lowest BCUT2D eigenvalue weighted by atomic mass is 10.1. The molecule has 0 bridgehead atoms. The van der Waals surface area contributed by atoms with E-state index in [0.717, 1.165) is 37.3 Å². The van der Waals surface area contributed by atoms with E-state index >= 15 is 0 Å². The molecule has 0 spiro atoms. The Hall–Kier alpha value is -2.98. The van der Waals surface area contributed by atoms with Gasteiger partial charge in [-0.3, -0.25) is 10.1 Å². The molecule has 7 heteroatoms. The minimum Gasteiger partial charge on any atom is -0.326 e. The van der Waals surface area contributed by atoms with Crippen LogP contribution in [0.2, 0.25) is 5.02 Å². The monoisotopic (exact) mass is 435 g/mol. The summed E-state index contributed by atoms with van der Waals surface area (Å²) in [5.74, 6) is -0.452. The van der Waals surface area contributed by atoms with Gasteiger partial charge >= 0.3 is 0 Å². The van der Waals surface area contributed by atoms with E-state index < -0.39 is 5.91 Å². The molecule has 3 aromatic rings. The Morgan fingerprint density at radius 3 is 2.73 bits per heavy atom. The fourth-order valence-electron chi connectivity index (χ4n) is 3.46. The number of thiazole rings is 1. The molecule has 0 saturated carbocycles. The van der Waals surface area contributed by atoms with Gasteiger partial charge in [-0.25, -0.2) is 4.98 Å². The van der Waals surface area contributed by atoms with Crippen molar-refractivity contribution >= 4 is 40.1 Å². The molecule has 2 aromatic carbocycles. The smallest absolute Gasteiger partial charge is 0.268 e. The molecular formula is C23H20ClN4OS+. The fourth-order valence-corrected chi connectivity index (χ4v) is 4.66. The largest absolute Gasteiger partial charge is 0.326 e. The third-order valence-electron chi connectivity index (χ3n) is 4.97. The number of quaternary nitrogens is 1. The molecule has 1 aromatic heterocycles. The van der Waals surface area contributed by atoms with Crippen LogP contribution in [0.5, 0.6) is 0 Å². The molecule has 1 atom stereocenters. The first-order valence-electron chi connectivity index (χ1n) is 9.65. The number of benzene rings is 2. The van der Waals surface area contributed by atoms with Gasteiger partial charge in [-0.15, -0.1) is 0 Å². The number of nitrogens with zero attached hydrogens (tertiary/aromatic N) is 2. The van der Waals surface area contributed by atoms with Gasteiger partial charge in [-0.2, -0.15) is 5.26 Å². The van der Waals surface area contributed by atoms with Gasteiger partial charge in [0.1, 0.15) is 24.7 Å². The van der Waals surface area contributed by atoms with Crippen molar-refractivity contribution in [2.45, 2.75) is 19.5 Å². The van der Waals surface area contributed by atoms with Gasteiger partial charge in [-0.1, -0.05) is 65.4 Å². The molecule has 150 valence electrons. The lowest BCUT2D eigenvalue weighted by molar-refractivity contribution is -0.929. The number of halogens is 1. The van der Waals surface area contributed by atoms with E-state index in [1.54, 1.807) is 30.3 Å². The van der Waals surface area contributed by atoms with Crippen LogP contribution in [0.3, 0.4) is 0 Å². The second-order valence-corrected chi connectivity index (χ2v) is 8.67. The molecule has 2 heterocycles. The van der Waals surface area contributed by atoms with Crippen molar-refractivity contribution in [2.75, 3.05) is 11.9 Å². The van der Waals surface area contributed by atoms with Gasteiger partial charge in [0.25, 0.3) is 5.91 Å². The third kappa shape index (κ3) is 4.95. The minimum atomic E-state index is -0.452. The zero-order chi connectivity index (χ0) is 20.9. The van der Waals surface area contributed by atoms with Crippen molar-refractivity contribution in [3.63, 3.8) is 0 Å². The second-order valence-electron chi connectivity index (χ2n) is 7.15. The number of nitriles is 1. The van der Waals surface area contributed by atoms with Gasteiger partial charge in [0, 0.05) is 17.0 Å². The number of aromatic nitrogens is 1. The van der Waals surface area contributed by atoms with Crippen LogP contribution in [-0.2, 0) is 24.3 Å². The van der Waals surface area contributed by atoms with Crippen LogP contribution in [0, 0.1) is 11.3 Å². The Labute approximate surface area is 184 Å². The summed E-state index contributed by atoms with van der Waals surface area (Å²) in [4.78, 5) is 19.8. The van der Waals surface area contributed by atoms with Crippen LogP contribution >= 0.6 is 22.9 Å². The van der Waals surface area contributed by atoms with Crippen molar-refractivity contribution in [1.29, 1.82) is 5.26 Å². The molecule has 1 aliphatic rings. The summed E-state index contributed by atoms with van der Waals surface area (Å²) in [5.41, 5.74) is 3.14. The summed E-state index contributed by atoms with van der Waals surface area (Å²) < 4.78 is 0. The van der Waals surface area contributed by atoms with Crippen LogP contribution in [0.4, 0.5) is 5.13 Å². The Bertz CT molecular complexity index is 1120. The summed E-state index contributed by atoms with van der Waals surface area (Å²) in [6, 6.07) is 19.4. The summed E-state index contributed by atoms with van der Waals surface area (Å²) in [6.45, 7) is 2.88. The second kappa shape index (κ2) is 9.23. The van der Waals surface area contributed by atoms with Crippen molar-refractivity contribution in [3.8, 4) is 6.07 Å². The summed E-state index contributed by atoms with van der Waals surface area (Å²) in [5, 5.41) is 13.3. The average molecular weight is 436 g/mol. The van der Waals surface area contributed by atoms with Crippen molar-refractivity contribution in [2.24, 2.45) is 0 Å². The lowest BCUT2D eigenvalue weighted by Gasteiger charge is -2.22. The first-order valence-corrected chi connectivity index (χ1v) is 10.8. The van der Waals surface area contributed by atoms with E-state index in [1.165, 1.54) is 26.7 Å². The zero-order valence-electron chi connectivity index (χ0n) is 16.2. The summed E-state index contributed by atoms with van der Waals surface area (Å²) in [6.07, 6.45) is 2.43. The van der Waals surface area contributed by atoms with Crippen molar-refractivity contribution < 1.29 is 9.69 Å². The topological polar surface area (TPSA) is 70.2 Å². The van der Waals surface area contributed by atoms with E-state index in [1.807, 2.05) is 12.1 Å². The first kappa shape index (κ1) is 20.3.